The van der Waals surface area contributed by atoms with Crippen LogP contribution in [0.3, 0.4) is 0 Å². The summed E-state index contributed by atoms with van der Waals surface area (Å²) in [6.45, 7) is 0.637. The second-order valence-electron chi connectivity index (χ2n) is 9.19. The van der Waals surface area contributed by atoms with Gasteiger partial charge in [-0.1, -0.05) is 49.2 Å². The van der Waals surface area contributed by atoms with Crippen molar-refractivity contribution in [3.63, 3.8) is 0 Å². The third-order valence-corrected chi connectivity index (χ3v) is 7.49. The molecule has 1 N–H and O–H groups in total. The lowest BCUT2D eigenvalue weighted by atomic mass is 9.73. The highest BCUT2D eigenvalue weighted by Crippen LogP contribution is 2.43. The van der Waals surface area contributed by atoms with Crippen LogP contribution in [0.2, 0.25) is 0 Å². The average Bonchev–Trinajstić information content (AvgIpc) is 3.35. The van der Waals surface area contributed by atoms with Gasteiger partial charge in [0.2, 0.25) is 11.8 Å². The highest BCUT2D eigenvalue weighted by molar-refractivity contribution is 5.88. The molecule has 3 atom stereocenters. The summed E-state index contributed by atoms with van der Waals surface area (Å²) in [5.74, 6) is 1.03. The van der Waals surface area contributed by atoms with Gasteiger partial charge in [-0.3, -0.25) is 9.59 Å². The van der Waals surface area contributed by atoms with E-state index in [4.69, 9.17) is 4.74 Å². The Labute approximate surface area is 188 Å². The summed E-state index contributed by atoms with van der Waals surface area (Å²) < 4.78 is 5.24. The number of methoxy groups -OCH3 is 1. The maximum Gasteiger partial charge on any atom is 0.242 e. The molecule has 1 saturated carbocycles. The first kappa shape index (κ1) is 21.0. The number of nitrogens with zero attached hydrogens (tertiary/aromatic N) is 2. The van der Waals surface area contributed by atoms with Gasteiger partial charge in [-0.2, -0.15) is 0 Å². The van der Waals surface area contributed by atoms with E-state index in [1.165, 1.54) is 0 Å². The number of rotatable bonds is 5. The Bertz CT molecular complexity index is 982. The number of ether oxygens (including phenoxy) is 1. The number of piperazine rings is 1. The summed E-state index contributed by atoms with van der Waals surface area (Å²) in [5.41, 5.74) is 3.31. The lowest BCUT2D eigenvalue weighted by Gasteiger charge is -2.59. The fraction of sp³-hybridized carbons (Fsp3) is 0.462. The van der Waals surface area contributed by atoms with E-state index >= 15 is 0 Å². The molecule has 6 heteroatoms. The lowest BCUT2D eigenvalue weighted by molar-refractivity contribution is -0.168. The highest BCUT2D eigenvalue weighted by atomic mass is 16.5. The normalized spacial score (nSPS) is 25.4. The van der Waals surface area contributed by atoms with Crippen LogP contribution in [0, 0.1) is 5.92 Å². The Hall–Kier alpha value is -2.86. The zero-order chi connectivity index (χ0) is 22.2. The van der Waals surface area contributed by atoms with Crippen molar-refractivity contribution in [2.24, 2.45) is 5.92 Å². The van der Waals surface area contributed by atoms with Crippen LogP contribution >= 0.6 is 0 Å². The largest absolute Gasteiger partial charge is 0.497 e. The third-order valence-electron chi connectivity index (χ3n) is 7.49. The van der Waals surface area contributed by atoms with Crippen molar-refractivity contribution in [2.75, 3.05) is 26.8 Å². The molecule has 0 spiro atoms. The molecule has 3 aliphatic rings. The molecule has 0 radical (unpaired) electrons. The summed E-state index contributed by atoms with van der Waals surface area (Å²) in [6.07, 6.45) is 4.08. The van der Waals surface area contributed by atoms with Gasteiger partial charge < -0.3 is 19.6 Å². The number of aliphatic hydroxyl groups excluding tert-OH is 1. The number of carbonyl (C=O) groups excluding carboxylic acids is 2. The first-order chi connectivity index (χ1) is 15.6. The van der Waals surface area contributed by atoms with Gasteiger partial charge in [-0.25, -0.2) is 0 Å². The van der Waals surface area contributed by atoms with Gasteiger partial charge in [0.15, 0.2) is 0 Å². The molecule has 168 valence electrons. The number of hydrogen-bond donors (Lipinski definition) is 1. The van der Waals surface area contributed by atoms with E-state index in [1.54, 1.807) is 16.9 Å². The monoisotopic (exact) mass is 434 g/mol. The number of benzene rings is 2. The highest BCUT2D eigenvalue weighted by Gasteiger charge is 2.54. The van der Waals surface area contributed by atoms with Crippen LogP contribution in [0.4, 0.5) is 0 Å². The van der Waals surface area contributed by atoms with Gasteiger partial charge in [0.05, 0.1) is 32.3 Å². The minimum absolute atomic E-state index is 0.0352. The standard InChI is InChI=1S/C26H30N2O4/c1-32-21-12-10-18(11-13-21)17-6-8-19(9-7-17)25-22-14-27(26(31)20-4-2-3-5-20)15-24(30)28(22)23(25)16-29/h6-13,20,22-23,25,29H,2-5,14-16H2,1H3/t22-,23+,25+/m0/s1. The molecule has 6 nitrogen and oxygen atoms in total. The third kappa shape index (κ3) is 3.56. The Kier molecular flexibility index (Phi) is 5.64. The molecule has 2 aromatic rings. The van der Waals surface area contributed by atoms with E-state index in [1.807, 2.05) is 24.3 Å². The second-order valence-corrected chi connectivity index (χ2v) is 9.19. The lowest BCUT2D eigenvalue weighted by Crippen LogP contribution is -2.73. The molecule has 2 saturated heterocycles. The molecule has 2 aromatic carbocycles. The van der Waals surface area contributed by atoms with Crippen LogP contribution in [-0.4, -0.2) is 65.6 Å². The van der Waals surface area contributed by atoms with Gasteiger partial charge in [0, 0.05) is 18.4 Å². The van der Waals surface area contributed by atoms with Crippen LogP contribution in [0.25, 0.3) is 11.1 Å². The molecule has 0 bridgehead atoms. The molecule has 0 aromatic heterocycles. The van der Waals surface area contributed by atoms with E-state index in [-0.39, 0.29) is 48.9 Å². The quantitative estimate of drug-likeness (QED) is 0.785. The summed E-state index contributed by atoms with van der Waals surface area (Å²) in [7, 11) is 1.65. The van der Waals surface area contributed by atoms with Crippen molar-refractivity contribution in [3.05, 3.63) is 54.1 Å². The van der Waals surface area contributed by atoms with Crippen LogP contribution in [0.1, 0.15) is 37.2 Å². The second kappa shape index (κ2) is 8.58. The number of aliphatic hydroxyl groups is 1. The summed E-state index contributed by atoms with van der Waals surface area (Å²) in [6, 6.07) is 16.0. The van der Waals surface area contributed by atoms with Crippen molar-refractivity contribution >= 4 is 11.8 Å². The fourth-order valence-electron chi connectivity index (χ4n) is 5.78. The molecule has 32 heavy (non-hydrogen) atoms. The molecule has 1 aliphatic carbocycles. The van der Waals surface area contributed by atoms with Crippen LogP contribution < -0.4 is 4.74 Å². The summed E-state index contributed by atoms with van der Waals surface area (Å²) >= 11 is 0. The Morgan fingerprint density at radius 3 is 2.25 bits per heavy atom. The summed E-state index contributed by atoms with van der Waals surface area (Å²) in [5, 5.41) is 10.0. The Morgan fingerprint density at radius 1 is 1.03 bits per heavy atom. The van der Waals surface area contributed by atoms with Crippen molar-refractivity contribution in [2.45, 2.75) is 43.7 Å². The molecule has 2 heterocycles. The predicted octanol–water partition coefficient (Wildman–Crippen LogP) is 3.05. The van der Waals surface area contributed by atoms with Gasteiger partial charge >= 0.3 is 0 Å². The molecule has 5 rings (SSSR count). The zero-order valence-corrected chi connectivity index (χ0v) is 18.4. The van der Waals surface area contributed by atoms with E-state index < -0.39 is 0 Å². The van der Waals surface area contributed by atoms with E-state index in [0.29, 0.717) is 6.54 Å². The Balaban J connectivity index is 1.35. The molecular formula is C26H30N2O4. The molecule has 3 fully saturated rings. The van der Waals surface area contributed by atoms with Crippen LogP contribution in [0.5, 0.6) is 5.75 Å². The Morgan fingerprint density at radius 2 is 1.66 bits per heavy atom. The van der Waals surface area contributed by atoms with E-state index in [2.05, 4.69) is 24.3 Å². The van der Waals surface area contributed by atoms with E-state index in [9.17, 15) is 14.7 Å². The smallest absolute Gasteiger partial charge is 0.242 e. The van der Waals surface area contributed by atoms with Crippen LogP contribution in [0.15, 0.2) is 48.5 Å². The number of carbonyl (C=O) groups is 2. The number of amides is 2. The minimum atomic E-state index is -0.219. The van der Waals surface area contributed by atoms with Crippen molar-refractivity contribution in [3.8, 4) is 16.9 Å². The topological polar surface area (TPSA) is 70.1 Å². The summed E-state index contributed by atoms with van der Waals surface area (Å²) in [4.78, 5) is 29.4. The molecule has 0 unspecified atom stereocenters. The number of hydrogen-bond acceptors (Lipinski definition) is 4. The van der Waals surface area contributed by atoms with Gasteiger partial charge in [-0.15, -0.1) is 0 Å². The van der Waals surface area contributed by atoms with Gasteiger partial charge in [0.1, 0.15) is 5.75 Å². The molecule has 2 aliphatic heterocycles. The number of fused-ring (bicyclic) bond motifs is 1. The maximum absolute atomic E-state index is 13.0. The molecule has 2 amide bonds. The van der Waals surface area contributed by atoms with Gasteiger partial charge in [0.25, 0.3) is 0 Å². The minimum Gasteiger partial charge on any atom is -0.497 e. The first-order valence-corrected chi connectivity index (χ1v) is 11.6. The van der Waals surface area contributed by atoms with E-state index in [0.717, 1.165) is 48.1 Å². The van der Waals surface area contributed by atoms with Crippen molar-refractivity contribution < 1.29 is 19.4 Å². The SMILES string of the molecule is COc1ccc(-c2ccc([C@H]3[C@@H](CO)N4C(=O)CN(C(=O)C5CCCC5)C[C@@H]34)cc2)cc1. The van der Waals surface area contributed by atoms with Crippen LogP contribution in [-0.2, 0) is 9.59 Å². The fourth-order valence-corrected chi connectivity index (χ4v) is 5.78. The van der Waals surface area contributed by atoms with Gasteiger partial charge in [-0.05, 0) is 41.7 Å². The first-order valence-electron chi connectivity index (χ1n) is 11.6. The predicted molar refractivity (Wildman–Crippen MR) is 121 cm³/mol. The van der Waals surface area contributed by atoms with Crippen molar-refractivity contribution in [1.82, 2.24) is 9.80 Å². The molecular weight excluding hydrogens is 404 g/mol. The average molecular weight is 435 g/mol. The van der Waals surface area contributed by atoms with Crippen molar-refractivity contribution in [1.29, 1.82) is 0 Å². The maximum atomic E-state index is 13.0. The zero-order valence-electron chi connectivity index (χ0n) is 18.4.